The lowest BCUT2D eigenvalue weighted by Gasteiger charge is -2.35. The quantitative estimate of drug-likeness (QED) is 0.810. The molecule has 5 aliphatic rings. The van der Waals surface area contributed by atoms with Gasteiger partial charge in [-0.15, -0.1) is 0 Å². The molecule has 0 saturated carbocycles. The van der Waals surface area contributed by atoms with Gasteiger partial charge in [-0.2, -0.15) is 0 Å². The molecule has 154 valence electrons. The van der Waals surface area contributed by atoms with Crippen molar-refractivity contribution in [1.82, 2.24) is 15.2 Å². The Hall–Kier alpha value is -1.86. The molecule has 1 aliphatic carbocycles. The topological polar surface area (TPSA) is 57.7 Å². The van der Waals surface area contributed by atoms with Crippen LogP contribution in [-0.2, 0) is 22.5 Å². The van der Waals surface area contributed by atoms with Gasteiger partial charge < -0.3 is 19.9 Å². The fourth-order valence-electron chi connectivity index (χ4n) is 5.53. The second-order valence-corrected chi connectivity index (χ2v) is 9.94. The predicted octanol–water partition coefficient (Wildman–Crippen LogP) is 2.75. The second-order valence-electron chi connectivity index (χ2n) is 8.88. The minimum absolute atomic E-state index is 0.151. The van der Waals surface area contributed by atoms with Gasteiger partial charge in [0.1, 0.15) is 5.76 Å². The van der Waals surface area contributed by atoms with Crippen LogP contribution in [0.2, 0.25) is 0 Å². The highest BCUT2D eigenvalue weighted by Crippen LogP contribution is 2.38. The summed E-state index contributed by atoms with van der Waals surface area (Å²) in [5.41, 5.74) is 2.59. The van der Waals surface area contributed by atoms with E-state index in [0.29, 0.717) is 18.6 Å². The summed E-state index contributed by atoms with van der Waals surface area (Å²) in [5.74, 6) is 1.10. The van der Waals surface area contributed by atoms with Gasteiger partial charge in [0.05, 0.1) is 12.2 Å². The molecule has 29 heavy (non-hydrogen) atoms. The van der Waals surface area contributed by atoms with Gasteiger partial charge in [-0.1, -0.05) is 17.4 Å². The van der Waals surface area contributed by atoms with E-state index in [1.165, 1.54) is 34.1 Å². The number of anilines is 1. The lowest BCUT2D eigenvalue weighted by molar-refractivity contribution is -0.143. The number of carbonyl (C=O) groups excluding carboxylic acids is 1. The summed E-state index contributed by atoms with van der Waals surface area (Å²) in [6, 6.07) is 1.17. The molecule has 0 aromatic carbocycles. The van der Waals surface area contributed by atoms with Crippen LogP contribution in [0.4, 0.5) is 5.13 Å². The molecule has 2 fully saturated rings. The molecule has 1 N–H and O–H groups in total. The summed E-state index contributed by atoms with van der Waals surface area (Å²) in [6.07, 6.45) is 11.3. The molecule has 4 aliphatic heterocycles. The number of hydrogen-bond acceptors (Lipinski definition) is 6. The summed E-state index contributed by atoms with van der Waals surface area (Å²) in [4.78, 5) is 24.0. The number of amides is 1. The third kappa shape index (κ3) is 3.10. The van der Waals surface area contributed by atoms with E-state index in [2.05, 4.69) is 22.4 Å². The van der Waals surface area contributed by atoms with Gasteiger partial charge in [0.25, 0.3) is 5.91 Å². The maximum Gasteiger partial charge on any atom is 0.263 e. The highest BCUT2D eigenvalue weighted by atomic mass is 32.1. The zero-order chi connectivity index (χ0) is 19.4. The number of ether oxygens (including phenoxy) is 1. The summed E-state index contributed by atoms with van der Waals surface area (Å²) < 4.78 is 6.10. The molecule has 2 saturated heterocycles. The van der Waals surface area contributed by atoms with Gasteiger partial charge in [0.15, 0.2) is 11.2 Å². The number of piperazine rings is 1. The van der Waals surface area contributed by atoms with Crippen LogP contribution in [0.5, 0.6) is 0 Å². The van der Waals surface area contributed by atoms with Gasteiger partial charge in [-0.3, -0.25) is 4.79 Å². The molecule has 3 atom stereocenters. The van der Waals surface area contributed by atoms with E-state index in [1.54, 1.807) is 0 Å². The van der Waals surface area contributed by atoms with E-state index >= 15 is 0 Å². The van der Waals surface area contributed by atoms with Crippen LogP contribution >= 0.6 is 11.3 Å². The standard InChI is InChI=1S/C22H28N4O2S/c27-21(19-8-5-14-3-1-2-4-18(14)28-19)25-10-9-17-20(13-25)29-22(24-17)26-15-6-7-16(26)12-23-11-15/h2,4,15-16,19,23H,1,3,5-13H2. The zero-order valence-electron chi connectivity index (χ0n) is 16.7. The van der Waals surface area contributed by atoms with Gasteiger partial charge >= 0.3 is 0 Å². The van der Waals surface area contributed by atoms with E-state index in [0.717, 1.165) is 57.5 Å². The number of nitrogens with one attached hydrogen (secondary N) is 1. The van der Waals surface area contributed by atoms with Gasteiger partial charge in [0.2, 0.25) is 0 Å². The number of carbonyl (C=O) groups is 1. The number of nitrogens with zero attached hydrogens (tertiary/aromatic N) is 3. The molecule has 3 unspecified atom stereocenters. The fraction of sp³-hybridized carbons (Fsp3) is 0.636. The fourth-order valence-corrected chi connectivity index (χ4v) is 6.79. The number of allylic oxidation sites excluding steroid dienone is 3. The van der Waals surface area contributed by atoms with Gasteiger partial charge in [-0.05, 0) is 50.2 Å². The molecule has 1 aromatic heterocycles. The average Bonchev–Trinajstić information content (AvgIpc) is 3.29. The van der Waals surface area contributed by atoms with Crippen molar-refractivity contribution in [3.8, 4) is 0 Å². The van der Waals surface area contributed by atoms with E-state index in [1.807, 2.05) is 16.2 Å². The summed E-state index contributed by atoms with van der Waals surface area (Å²) in [6.45, 7) is 3.58. The van der Waals surface area contributed by atoms with Crippen LogP contribution < -0.4 is 10.2 Å². The molecule has 7 heteroatoms. The third-order valence-electron chi connectivity index (χ3n) is 7.12. The number of thiazole rings is 1. The van der Waals surface area contributed by atoms with Crippen molar-refractivity contribution in [3.05, 3.63) is 34.1 Å². The first kappa shape index (κ1) is 18.0. The van der Waals surface area contributed by atoms with Crippen molar-refractivity contribution in [2.75, 3.05) is 24.5 Å². The molecule has 1 aromatic rings. The minimum Gasteiger partial charge on any atom is -0.481 e. The predicted molar refractivity (Wildman–Crippen MR) is 113 cm³/mol. The first-order chi connectivity index (χ1) is 14.3. The first-order valence-electron chi connectivity index (χ1n) is 11.1. The normalized spacial score (nSPS) is 30.8. The van der Waals surface area contributed by atoms with Crippen molar-refractivity contribution in [1.29, 1.82) is 0 Å². The molecule has 1 amide bonds. The Morgan fingerprint density at radius 2 is 2.03 bits per heavy atom. The summed E-state index contributed by atoms with van der Waals surface area (Å²) in [7, 11) is 0. The number of aromatic nitrogens is 1. The Balaban J connectivity index is 1.17. The third-order valence-corrected chi connectivity index (χ3v) is 8.21. The van der Waals surface area contributed by atoms with E-state index in [-0.39, 0.29) is 12.0 Å². The van der Waals surface area contributed by atoms with Crippen LogP contribution in [0.15, 0.2) is 23.5 Å². The maximum absolute atomic E-state index is 13.2. The van der Waals surface area contributed by atoms with Crippen LogP contribution in [0, 0.1) is 0 Å². The van der Waals surface area contributed by atoms with Crippen LogP contribution in [-0.4, -0.2) is 53.6 Å². The molecule has 6 nitrogen and oxygen atoms in total. The SMILES string of the molecule is O=C(C1CCC2=C(C=CCC2)O1)N1CCc2nc(N3C4CCC3CNC4)sc2C1. The molecule has 2 bridgehead atoms. The highest BCUT2D eigenvalue weighted by molar-refractivity contribution is 7.15. The van der Waals surface area contributed by atoms with Crippen molar-refractivity contribution in [3.63, 3.8) is 0 Å². The molecular weight excluding hydrogens is 384 g/mol. The number of rotatable bonds is 2. The number of hydrogen-bond donors (Lipinski definition) is 1. The highest BCUT2D eigenvalue weighted by Gasteiger charge is 2.39. The van der Waals surface area contributed by atoms with Crippen LogP contribution in [0.3, 0.4) is 0 Å². The Morgan fingerprint density at radius 1 is 1.17 bits per heavy atom. The molecule has 6 rings (SSSR count). The van der Waals surface area contributed by atoms with Crippen molar-refractivity contribution < 1.29 is 9.53 Å². The van der Waals surface area contributed by atoms with Gasteiger partial charge in [0, 0.05) is 43.0 Å². The first-order valence-corrected chi connectivity index (χ1v) is 11.9. The lowest BCUT2D eigenvalue weighted by Crippen LogP contribution is -2.51. The van der Waals surface area contributed by atoms with E-state index < -0.39 is 0 Å². The Labute approximate surface area is 175 Å². The minimum atomic E-state index is -0.325. The second kappa shape index (κ2) is 7.13. The molecule has 0 spiro atoms. The van der Waals surface area contributed by atoms with Crippen molar-refractivity contribution in [2.24, 2.45) is 0 Å². The van der Waals surface area contributed by atoms with Crippen molar-refractivity contribution >= 4 is 22.4 Å². The lowest BCUT2D eigenvalue weighted by atomic mass is 9.94. The van der Waals surface area contributed by atoms with E-state index in [9.17, 15) is 4.79 Å². The Morgan fingerprint density at radius 3 is 2.90 bits per heavy atom. The summed E-state index contributed by atoms with van der Waals surface area (Å²) >= 11 is 1.81. The average molecular weight is 413 g/mol. The smallest absolute Gasteiger partial charge is 0.263 e. The van der Waals surface area contributed by atoms with E-state index in [4.69, 9.17) is 9.72 Å². The maximum atomic E-state index is 13.2. The van der Waals surface area contributed by atoms with Crippen LogP contribution in [0.1, 0.15) is 49.1 Å². The molecular formula is C22H28N4O2S. The zero-order valence-corrected chi connectivity index (χ0v) is 17.5. The Bertz CT molecular complexity index is 875. The Kier molecular flexibility index (Phi) is 4.41. The molecule has 0 radical (unpaired) electrons. The summed E-state index contributed by atoms with van der Waals surface area (Å²) in [5, 5.41) is 4.72. The number of fused-ring (bicyclic) bond motifs is 3. The largest absolute Gasteiger partial charge is 0.481 e. The molecule has 5 heterocycles. The monoisotopic (exact) mass is 412 g/mol. The van der Waals surface area contributed by atoms with Gasteiger partial charge in [-0.25, -0.2) is 4.98 Å². The van der Waals surface area contributed by atoms with Crippen molar-refractivity contribution in [2.45, 2.75) is 69.7 Å². The van der Waals surface area contributed by atoms with Crippen LogP contribution in [0.25, 0.3) is 0 Å².